The van der Waals surface area contributed by atoms with Gasteiger partial charge in [0, 0.05) is 38.4 Å². The number of piperazine rings is 1. The van der Waals surface area contributed by atoms with Crippen molar-refractivity contribution in [2.45, 2.75) is 52.2 Å². The van der Waals surface area contributed by atoms with Crippen LogP contribution in [0.1, 0.15) is 52.1 Å². The summed E-state index contributed by atoms with van der Waals surface area (Å²) in [4.78, 5) is 23.4. The summed E-state index contributed by atoms with van der Waals surface area (Å²) in [6.07, 6.45) is 4.31. The molecular formula is C20H32N4O2. The molecule has 1 amide bonds. The molecule has 6 nitrogen and oxygen atoms in total. The van der Waals surface area contributed by atoms with Crippen molar-refractivity contribution in [3.63, 3.8) is 0 Å². The molecule has 0 spiro atoms. The first-order valence-electron chi connectivity index (χ1n) is 9.80. The second-order valence-electron chi connectivity index (χ2n) is 8.19. The molecule has 144 valence electrons. The first-order valence-corrected chi connectivity index (χ1v) is 9.80. The smallest absolute Gasteiger partial charge is 0.410 e. The average Bonchev–Trinajstić information content (AvgIpc) is 3.09. The zero-order chi connectivity index (χ0) is 18.7. The molecule has 2 saturated heterocycles. The van der Waals surface area contributed by atoms with E-state index >= 15 is 0 Å². The van der Waals surface area contributed by atoms with Crippen LogP contribution in [0.5, 0.6) is 0 Å². The van der Waals surface area contributed by atoms with Crippen molar-refractivity contribution in [2.24, 2.45) is 0 Å². The monoisotopic (exact) mass is 360 g/mol. The van der Waals surface area contributed by atoms with Crippen molar-refractivity contribution in [3.05, 3.63) is 23.9 Å². The Morgan fingerprint density at radius 3 is 2.50 bits per heavy atom. The number of pyridine rings is 1. The van der Waals surface area contributed by atoms with Gasteiger partial charge in [0.2, 0.25) is 0 Å². The average molecular weight is 361 g/mol. The Morgan fingerprint density at radius 1 is 1.19 bits per heavy atom. The Morgan fingerprint density at radius 2 is 1.92 bits per heavy atom. The van der Waals surface area contributed by atoms with E-state index in [1.807, 2.05) is 27.0 Å². The van der Waals surface area contributed by atoms with Crippen LogP contribution in [-0.2, 0) is 4.74 Å². The van der Waals surface area contributed by atoms with Crippen molar-refractivity contribution in [2.75, 3.05) is 44.2 Å². The summed E-state index contributed by atoms with van der Waals surface area (Å²) in [5, 5.41) is 0. The van der Waals surface area contributed by atoms with E-state index < -0.39 is 5.60 Å². The van der Waals surface area contributed by atoms with Gasteiger partial charge in [-0.15, -0.1) is 0 Å². The predicted octanol–water partition coefficient (Wildman–Crippen LogP) is 3.30. The molecule has 2 fully saturated rings. The predicted molar refractivity (Wildman–Crippen MR) is 103 cm³/mol. The summed E-state index contributed by atoms with van der Waals surface area (Å²) in [6, 6.07) is 4.87. The lowest BCUT2D eigenvalue weighted by Crippen LogP contribution is -2.50. The normalized spacial score (nSPS) is 21.9. The molecule has 3 heterocycles. The molecule has 0 aromatic carbocycles. The largest absolute Gasteiger partial charge is 0.444 e. The number of hydrogen-bond donors (Lipinski definition) is 0. The van der Waals surface area contributed by atoms with Crippen molar-refractivity contribution in [1.82, 2.24) is 14.8 Å². The second-order valence-corrected chi connectivity index (χ2v) is 8.19. The number of carbonyl (C=O) groups excluding carboxylic acids is 1. The van der Waals surface area contributed by atoms with Gasteiger partial charge in [0.15, 0.2) is 0 Å². The first kappa shape index (κ1) is 19.0. The van der Waals surface area contributed by atoms with Gasteiger partial charge in [-0.3, -0.25) is 4.90 Å². The Labute approximate surface area is 157 Å². The van der Waals surface area contributed by atoms with Crippen molar-refractivity contribution in [3.8, 4) is 0 Å². The number of rotatable bonds is 3. The molecule has 6 heteroatoms. The van der Waals surface area contributed by atoms with Gasteiger partial charge < -0.3 is 14.5 Å². The van der Waals surface area contributed by atoms with Gasteiger partial charge in [-0.1, -0.05) is 13.0 Å². The van der Waals surface area contributed by atoms with Crippen LogP contribution in [0.15, 0.2) is 18.3 Å². The number of amides is 1. The van der Waals surface area contributed by atoms with Gasteiger partial charge >= 0.3 is 6.09 Å². The third kappa shape index (κ3) is 4.47. The summed E-state index contributed by atoms with van der Waals surface area (Å²) < 4.78 is 5.46. The van der Waals surface area contributed by atoms with E-state index in [0.29, 0.717) is 19.1 Å². The summed E-state index contributed by atoms with van der Waals surface area (Å²) in [5.41, 5.74) is 0.874. The maximum absolute atomic E-state index is 12.2. The van der Waals surface area contributed by atoms with Gasteiger partial charge in [0.1, 0.15) is 11.4 Å². The van der Waals surface area contributed by atoms with Crippen molar-refractivity contribution in [1.29, 1.82) is 0 Å². The third-order valence-corrected chi connectivity index (χ3v) is 5.18. The van der Waals surface area contributed by atoms with Crippen LogP contribution in [-0.4, -0.2) is 65.7 Å². The second kappa shape index (κ2) is 7.82. The number of hydrogen-bond acceptors (Lipinski definition) is 5. The van der Waals surface area contributed by atoms with E-state index in [9.17, 15) is 4.79 Å². The molecule has 3 rings (SSSR count). The minimum atomic E-state index is -0.446. The summed E-state index contributed by atoms with van der Waals surface area (Å²) >= 11 is 0. The fourth-order valence-electron chi connectivity index (χ4n) is 3.81. The molecule has 1 aromatic rings. The lowest BCUT2D eigenvalue weighted by atomic mass is 10.1. The molecule has 0 aliphatic carbocycles. The number of ether oxygens (including phenoxy) is 1. The molecule has 2 aliphatic heterocycles. The van der Waals surface area contributed by atoms with Crippen LogP contribution in [0, 0.1) is 0 Å². The molecule has 1 aromatic heterocycles. The van der Waals surface area contributed by atoms with E-state index in [-0.39, 0.29) is 6.09 Å². The Hall–Kier alpha value is -1.82. The molecule has 26 heavy (non-hydrogen) atoms. The highest BCUT2D eigenvalue weighted by Gasteiger charge is 2.27. The van der Waals surface area contributed by atoms with Crippen LogP contribution in [0.2, 0.25) is 0 Å². The molecular weight excluding hydrogens is 328 g/mol. The van der Waals surface area contributed by atoms with E-state index in [0.717, 1.165) is 25.5 Å². The lowest BCUT2D eigenvalue weighted by Gasteiger charge is -2.36. The van der Waals surface area contributed by atoms with Crippen LogP contribution >= 0.6 is 0 Å². The SMILES string of the molecule is CCN1CCC[C@@H]1c1ccc(N2CCN(C(=O)OC(C)(C)C)CC2)nc1. The van der Waals surface area contributed by atoms with Crippen LogP contribution in [0.4, 0.5) is 10.6 Å². The first-order chi connectivity index (χ1) is 12.4. The minimum Gasteiger partial charge on any atom is -0.444 e. The summed E-state index contributed by atoms with van der Waals surface area (Å²) in [6.45, 7) is 13.1. The number of carbonyl (C=O) groups is 1. The molecule has 0 radical (unpaired) electrons. The molecule has 0 saturated carbocycles. The number of nitrogens with zero attached hydrogens (tertiary/aromatic N) is 4. The van der Waals surface area contributed by atoms with Crippen LogP contribution < -0.4 is 4.90 Å². The van der Waals surface area contributed by atoms with Gasteiger partial charge in [0.05, 0.1) is 0 Å². The number of aromatic nitrogens is 1. The Kier molecular flexibility index (Phi) is 5.70. The topological polar surface area (TPSA) is 48.9 Å². The van der Waals surface area contributed by atoms with E-state index in [4.69, 9.17) is 9.72 Å². The molecule has 1 atom stereocenters. The van der Waals surface area contributed by atoms with Crippen LogP contribution in [0.25, 0.3) is 0 Å². The zero-order valence-electron chi connectivity index (χ0n) is 16.6. The fourth-order valence-corrected chi connectivity index (χ4v) is 3.81. The van der Waals surface area contributed by atoms with Gasteiger partial charge in [-0.2, -0.15) is 0 Å². The molecule has 0 unspecified atom stereocenters. The Bertz CT molecular complexity index is 603. The van der Waals surface area contributed by atoms with E-state index in [1.165, 1.54) is 24.9 Å². The highest BCUT2D eigenvalue weighted by molar-refractivity contribution is 5.68. The quantitative estimate of drug-likeness (QED) is 0.828. The fraction of sp³-hybridized carbons (Fsp3) is 0.700. The third-order valence-electron chi connectivity index (χ3n) is 5.18. The maximum atomic E-state index is 12.2. The van der Waals surface area contributed by atoms with E-state index in [1.54, 1.807) is 4.90 Å². The summed E-state index contributed by atoms with van der Waals surface area (Å²) in [7, 11) is 0. The molecule has 0 N–H and O–H groups in total. The maximum Gasteiger partial charge on any atom is 0.410 e. The summed E-state index contributed by atoms with van der Waals surface area (Å²) in [5.74, 6) is 0.999. The number of anilines is 1. The number of likely N-dealkylation sites (tertiary alicyclic amines) is 1. The van der Waals surface area contributed by atoms with Crippen LogP contribution in [0.3, 0.4) is 0 Å². The minimum absolute atomic E-state index is 0.221. The van der Waals surface area contributed by atoms with Gasteiger partial charge in [-0.25, -0.2) is 9.78 Å². The van der Waals surface area contributed by atoms with Gasteiger partial charge in [-0.05, 0) is 58.3 Å². The van der Waals surface area contributed by atoms with E-state index in [2.05, 4.69) is 28.9 Å². The molecule has 0 bridgehead atoms. The van der Waals surface area contributed by atoms with Crippen molar-refractivity contribution >= 4 is 11.9 Å². The lowest BCUT2D eigenvalue weighted by molar-refractivity contribution is 0.0240. The molecule has 2 aliphatic rings. The van der Waals surface area contributed by atoms with Crippen molar-refractivity contribution < 1.29 is 9.53 Å². The zero-order valence-corrected chi connectivity index (χ0v) is 16.6. The standard InChI is InChI=1S/C20H32N4O2/c1-5-22-10-6-7-17(22)16-8-9-18(21-15-16)23-11-13-24(14-12-23)19(25)26-20(2,3)4/h8-9,15,17H,5-7,10-14H2,1-4H3/t17-/m1/s1. The Balaban J connectivity index is 1.56. The highest BCUT2D eigenvalue weighted by Crippen LogP contribution is 2.31. The van der Waals surface area contributed by atoms with Gasteiger partial charge in [0.25, 0.3) is 0 Å². The highest BCUT2D eigenvalue weighted by atomic mass is 16.6.